The molecule has 1 rings (SSSR count). The van der Waals surface area contributed by atoms with Crippen LogP contribution in [-0.4, -0.2) is 71.6 Å². The standard InChI is InChI=1S/C16H29N5O5/c1-5-10(19-14(17)26)12(24)20-16(9-22)7-21(8-16)11(23)6-18-13(25)15(2,3)4/h10,22H,5-9H2,1-4H3,(H,18,25)(H,20,24)(H3,17,19,26). The molecule has 1 aliphatic rings. The number of aliphatic hydroxyl groups is 1. The smallest absolute Gasteiger partial charge is 0.312 e. The maximum Gasteiger partial charge on any atom is 0.312 e. The monoisotopic (exact) mass is 371 g/mol. The van der Waals surface area contributed by atoms with E-state index in [1.165, 1.54) is 4.90 Å². The molecule has 0 saturated carbocycles. The highest BCUT2D eigenvalue weighted by Gasteiger charge is 2.46. The molecular weight excluding hydrogens is 342 g/mol. The lowest BCUT2D eigenvalue weighted by Crippen LogP contribution is -2.75. The molecule has 0 bridgehead atoms. The van der Waals surface area contributed by atoms with Crippen LogP contribution in [0.1, 0.15) is 34.1 Å². The summed E-state index contributed by atoms with van der Waals surface area (Å²) >= 11 is 0. The molecule has 0 aromatic rings. The van der Waals surface area contributed by atoms with Gasteiger partial charge in [0.1, 0.15) is 6.04 Å². The van der Waals surface area contributed by atoms with E-state index >= 15 is 0 Å². The molecule has 5 amide bonds. The normalized spacial score (nSPS) is 16.9. The average Bonchev–Trinajstić information content (AvgIpc) is 2.51. The van der Waals surface area contributed by atoms with Crippen LogP contribution in [0, 0.1) is 5.41 Å². The molecule has 1 aliphatic heterocycles. The molecule has 0 aromatic heterocycles. The van der Waals surface area contributed by atoms with Gasteiger partial charge in [0.15, 0.2) is 0 Å². The van der Waals surface area contributed by atoms with Crippen LogP contribution in [0.15, 0.2) is 0 Å². The third kappa shape index (κ3) is 5.58. The Kier molecular flexibility index (Phi) is 6.96. The Morgan fingerprint density at radius 2 is 1.81 bits per heavy atom. The van der Waals surface area contributed by atoms with Crippen LogP contribution in [-0.2, 0) is 14.4 Å². The van der Waals surface area contributed by atoms with E-state index < -0.39 is 28.9 Å². The van der Waals surface area contributed by atoms with Gasteiger partial charge in [0.2, 0.25) is 17.7 Å². The number of rotatable bonds is 7. The predicted molar refractivity (Wildman–Crippen MR) is 93.8 cm³/mol. The third-order valence-corrected chi connectivity index (χ3v) is 4.15. The number of carbonyl (C=O) groups is 4. The largest absolute Gasteiger partial charge is 0.394 e. The molecule has 1 heterocycles. The minimum absolute atomic E-state index is 0.118. The second-order valence-electron chi connectivity index (χ2n) is 7.58. The van der Waals surface area contributed by atoms with Gasteiger partial charge in [-0.1, -0.05) is 27.7 Å². The molecule has 6 N–H and O–H groups in total. The van der Waals surface area contributed by atoms with Crippen molar-refractivity contribution in [1.29, 1.82) is 0 Å². The van der Waals surface area contributed by atoms with E-state index in [1.807, 2.05) is 0 Å². The highest BCUT2D eigenvalue weighted by Crippen LogP contribution is 2.21. The number of nitrogens with one attached hydrogen (secondary N) is 3. The van der Waals surface area contributed by atoms with E-state index in [0.29, 0.717) is 6.42 Å². The van der Waals surface area contributed by atoms with Gasteiger partial charge in [0.05, 0.1) is 18.7 Å². The second kappa shape index (κ2) is 8.35. The Morgan fingerprint density at radius 3 is 2.23 bits per heavy atom. The van der Waals surface area contributed by atoms with E-state index in [9.17, 15) is 24.3 Å². The summed E-state index contributed by atoms with van der Waals surface area (Å²) in [6, 6.07) is -1.63. The highest BCUT2D eigenvalue weighted by molar-refractivity contribution is 5.89. The topological polar surface area (TPSA) is 154 Å². The Bertz CT molecular complexity index is 566. The molecule has 1 saturated heterocycles. The number of aliphatic hydroxyl groups excluding tert-OH is 1. The summed E-state index contributed by atoms with van der Waals surface area (Å²) in [4.78, 5) is 48.5. The summed E-state index contributed by atoms with van der Waals surface area (Å²) in [7, 11) is 0. The van der Waals surface area contributed by atoms with Gasteiger partial charge in [-0.15, -0.1) is 0 Å². The first-order chi connectivity index (χ1) is 11.9. The number of urea groups is 1. The Balaban J connectivity index is 2.55. The van der Waals surface area contributed by atoms with Gasteiger partial charge in [-0.2, -0.15) is 0 Å². The number of carbonyl (C=O) groups excluding carboxylic acids is 4. The summed E-state index contributed by atoms with van der Waals surface area (Å²) in [6.45, 7) is 6.67. The molecule has 0 spiro atoms. The van der Waals surface area contributed by atoms with Gasteiger partial charge in [-0.25, -0.2) is 4.79 Å². The van der Waals surface area contributed by atoms with Gasteiger partial charge in [0.25, 0.3) is 0 Å². The first kappa shape index (κ1) is 21.7. The average molecular weight is 371 g/mol. The number of nitrogens with two attached hydrogens (primary N) is 1. The van der Waals surface area contributed by atoms with Crippen molar-refractivity contribution in [2.24, 2.45) is 11.1 Å². The maximum absolute atomic E-state index is 12.2. The lowest BCUT2D eigenvalue weighted by Gasteiger charge is -2.49. The summed E-state index contributed by atoms with van der Waals surface area (Å²) in [6.07, 6.45) is 0.331. The van der Waals surface area contributed by atoms with Crippen molar-refractivity contribution < 1.29 is 24.3 Å². The van der Waals surface area contributed by atoms with Gasteiger partial charge >= 0.3 is 6.03 Å². The second-order valence-corrected chi connectivity index (χ2v) is 7.58. The molecule has 1 atom stereocenters. The number of nitrogens with zero attached hydrogens (tertiary/aromatic N) is 1. The Morgan fingerprint density at radius 1 is 1.23 bits per heavy atom. The third-order valence-electron chi connectivity index (χ3n) is 4.15. The SMILES string of the molecule is CCC(NC(N)=O)C(=O)NC1(CO)CN(C(=O)CNC(=O)C(C)(C)C)C1. The van der Waals surface area contributed by atoms with Crippen LogP contribution < -0.4 is 21.7 Å². The zero-order chi connectivity index (χ0) is 20.1. The fourth-order valence-electron chi connectivity index (χ4n) is 2.49. The summed E-state index contributed by atoms with van der Waals surface area (Å²) in [5.74, 6) is -1.02. The molecule has 1 unspecified atom stereocenters. The highest BCUT2D eigenvalue weighted by atomic mass is 16.3. The zero-order valence-electron chi connectivity index (χ0n) is 15.7. The van der Waals surface area contributed by atoms with Gasteiger partial charge in [-0.05, 0) is 6.42 Å². The maximum atomic E-state index is 12.2. The number of primary amides is 1. The fraction of sp³-hybridized carbons (Fsp3) is 0.750. The molecular formula is C16H29N5O5. The summed E-state index contributed by atoms with van der Waals surface area (Å²) < 4.78 is 0. The molecule has 26 heavy (non-hydrogen) atoms. The van der Waals surface area contributed by atoms with Crippen LogP contribution in [0.3, 0.4) is 0 Å². The van der Waals surface area contributed by atoms with Gasteiger partial charge in [-0.3, -0.25) is 14.4 Å². The van der Waals surface area contributed by atoms with Crippen molar-refractivity contribution in [3.63, 3.8) is 0 Å². The van der Waals surface area contributed by atoms with E-state index in [1.54, 1.807) is 27.7 Å². The van der Waals surface area contributed by atoms with Gasteiger partial charge in [0, 0.05) is 18.5 Å². The number of likely N-dealkylation sites (tertiary alicyclic amines) is 1. The molecule has 10 heteroatoms. The molecule has 0 radical (unpaired) electrons. The molecule has 1 fully saturated rings. The first-order valence-electron chi connectivity index (χ1n) is 8.49. The van der Waals surface area contributed by atoms with Crippen LogP contribution in [0.4, 0.5) is 4.79 Å². The molecule has 0 aliphatic carbocycles. The molecule has 10 nitrogen and oxygen atoms in total. The number of hydrogen-bond acceptors (Lipinski definition) is 5. The van der Waals surface area contributed by atoms with Crippen molar-refractivity contribution in [1.82, 2.24) is 20.9 Å². The van der Waals surface area contributed by atoms with Crippen LogP contribution in [0.25, 0.3) is 0 Å². The summed E-state index contributed by atoms with van der Waals surface area (Å²) in [5.41, 5.74) is 3.47. The zero-order valence-corrected chi connectivity index (χ0v) is 15.7. The summed E-state index contributed by atoms with van der Waals surface area (Å²) in [5, 5.41) is 17.2. The van der Waals surface area contributed by atoms with Crippen LogP contribution in [0.2, 0.25) is 0 Å². The van der Waals surface area contributed by atoms with Crippen molar-refractivity contribution >= 4 is 23.8 Å². The Hall–Kier alpha value is -2.36. The number of hydrogen-bond donors (Lipinski definition) is 5. The quantitative estimate of drug-likeness (QED) is 0.360. The lowest BCUT2D eigenvalue weighted by atomic mass is 9.89. The molecule has 0 aromatic carbocycles. The first-order valence-corrected chi connectivity index (χ1v) is 8.49. The minimum atomic E-state index is -0.965. The van der Waals surface area contributed by atoms with E-state index in [-0.39, 0.29) is 38.1 Å². The van der Waals surface area contributed by atoms with Crippen LogP contribution in [0.5, 0.6) is 0 Å². The number of amides is 5. The van der Waals surface area contributed by atoms with Crippen molar-refractivity contribution in [2.75, 3.05) is 26.2 Å². The Labute approximate surface area is 152 Å². The van der Waals surface area contributed by atoms with E-state index in [2.05, 4.69) is 16.0 Å². The van der Waals surface area contributed by atoms with E-state index in [0.717, 1.165) is 0 Å². The molecule has 148 valence electrons. The van der Waals surface area contributed by atoms with Crippen LogP contribution >= 0.6 is 0 Å². The predicted octanol–water partition coefficient (Wildman–Crippen LogP) is -1.71. The fourth-order valence-corrected chi connectivity index (χ4v) is 2.49. The minimum Gasteiger partial charge on any atom is -0.394 e. The van der Waals surface area contributed by atoms with Crippen molar-refractivity contribution in [3.05, 3.63) is 0 Å². The van der Waals surface area contributed by atoms with Crippen molar-refractivity contribution in [3.8, 4) is 0 Å². The van der Waals surface area contributed by atoms with Crippen molar-refractivity contribution in [2.45, 2.75) is 45.7 Å². The lowest BCUT2D eigenvalue weighted by molar-refractivity contribution is -0.145. The van der Waals surface area contributed by atoms with Gasteiger partial charge < -0.3 is 31.7 Å². The van der Waals surface area contributed by atoms with E-state index in [4.69, 9.17) is 5.73 Å².